The Labute approximate surface area is 108 Å². The molecule has 0 aliphatic rings. The van der Waals surface area contributed by atoms with Gasteiger partial charge >= 0.3 is 0 Å². The number of hydrogen-bond donors (Lipinski definition) is 1. The topological polar surface area (TPSA) is 29.5 Å². The third-order valence-electron chi connectivity index (χ3n) is 3.97. The summed E-state index contributed by atoms with van der Waals surface area (Å²) in [5.74, 6) is 0.153. The molecule has 0 spiro atoms. The van der Waals surface area contributed by atoms with E-state index in [1.807, 2.05) is 26.8 Å². The lowest BCUT2D eigenvalue weighted by atomic mass is 9.99. The van der Waals surface area contributed by atoms with Crippen molar-refractivity contribution in [3.63, 3.8) is 0 Å². The van der Waals surface area contributed by atoms with E-state index in [1.165, 1.54) is 0 Å². The molecule has 0 aliphatic heterocycles. The molecule has 2 nitrogen and oxygen atoms in total. The van der Waals surface area contributed by atoms with Gasteiger partial charge in [-0.05, 0) is 37.6 Å². The molecule has 0 saturated carbocycles. The molecule has 0 rings (SSSR count). The van der Waals surface area contributed by atoms with Gasteiger partial charge in [-0.15, -0.1) is 0 Å². The molecule has 0 aromatic heterocycles. The second kappa shape index (κ2) is 6.16. The summed E-state index contributed by atoms with van der Waals surface area (Å²) in [4.78, 5) is 0. The highest BCUT2D eigenvalue weighted by atomic mass is 28.4. The van der Waals surface area contributed by atoms with Crippen LogP contribution >= 0.6 is 0 Å². The molecule has 0 heterocycles. The minimum absolute atomic E-state index is 0.153. The first-order valence-corrected chi connectivity index (χ1v) is 9.38. The Morgan fingerprint density at radius 2 is 1.82 bits per heavy atom. The lowest BCUT2D eigenvalue weighted by Gasteiger charge is -2.37. The Morgan fingerprint density at radius 3 is 2.18 bits per heavy atom. The monoisotopic (exact) mass is 258 g/mol. The zero-order valence-corrected chi connectivity index (χ0v) is 13.8. The number of aliphatic hydroxyl groups excluding tert-OH is 1. The van der Waals surface area contributed by atoms with Crippen molar-refractivity contribution < 1.29 is 9.53 Å². The highest BCUT2D eigenvalue weighted by Gasteiger charge is 2.37. The van der Waals surface area contributed by atoms with Crippen molar-refractivity contribution in [3.05, 3.63) is 11.6 Å². The fourth-order valence-electron chi connectivity index (χ4n) is 1.27. The zero-order valence-electron chi connectivity index (χ0n) is 12.8. The Bertz CT molecular complexity index is 264. The lowest BCUT2D eigenvalue weighted by Crippen LogP contribution is -2.42. The first kappa shape index (κ1) is 16.9. The van der Waals surface area contributed by atoms with Crippen molar-refractivity contribution in [2.75, 3.05) is 6.61 Å². The van der Waals surface area contributed by atoms with Crippen molar-refractivity contribution in [1.82, 2.24) is 0 Å². The van der Waals surface area contributed by atoms with E-state index in [-0.39, 0.29) is 17.1 Å². The summed E-state index contributed by atoms with van der Waals surface area (Å²) in [7, 11) is -1.69. The van der Waals surface area contributed by atoms with Gasteiger partial charge in [0.1, 0.15) is 0 Å². The van der Waals surface area contributed by atoms with E-state index in [0.29, 0.717) is 6.61 Å². The van der Waals surface area contributed by atoms with Crippen LogP contribution in [0.5, 0.6) is 0 Å². The predicted molar refractivity (Wildman–Crippen MR) is 77.8 cm³/mol. The molecule has 102 valence electrons. The quantitative estimate of drug-likeness (QED) is 0.597. The van der Waals surface area contributed by atoms with E-state index < -0.39 is 8.32 Å². The molecule has 0 amide bonds. The zero-order chi connectivity index (χ0) is 13.9. The lowest BCUT2D eigenvalue weighted by molar-refractivity contribution is 0.106. The molecule has 1 N–H and O–H groups in total. The van der Waals surface area contributed by atoms with E-state index in [4.69, 9.17) is 4.43 Å². The number of allylic oxidation sites excluding steroid dienone is 1. The molecule has 0 fully saturated rings. The van der Waals surface area contributed by atoms with Crippen LogP contribution in [0.4, 0.5) is 0 Å². The minimum atomic E-state index is -1.69. The Morgan fingerprint density at radius 1 is 1.35 bits per heavy atom. The van der Waals surface area contributed by atoms with Crippen molar-refractivity contribution >= 4 is 8.32 Å². The smallest absolute Gasteiger partial charge is 0.191 e. The maximum Gasteiger partial charge on any atom is 0.191 e. The van der Waals surface area contributed by atoms with Crippen molar-refractivity contribution in [3.8, 4) is 0 Å². The van der Waals surface area contributed by atoms with Crippen LogP contribution < -0.4 is 0 Å². The molecule has 3 heteroatoms. The van der Waals surface area contributed by atoms with Crippen LogP contribution in [0.2, 0.25) is 18.1 Å². The maximum absolute atomic E-state index is 10.1. The van der Waals surface area contributed by atoms with Gasteiger partial charge in [0.25, 0.3) is 0 Å². The summed E-state index contributed by atoms with van der Waals surface area (Å²) >= 11 is 0. The fraction of sp³-hybridized carbons (Fsp3) is 0.857. The molecule has 0 aromatic carbocycles. The van der Waals surface area contributed by atoms with Gasteiger partial charge in [-0.1, -0.05) is 33.8 Å². The van der Waals surface area contributed by atoms with Crippen LogP contribution in [0.3, 0.4) is 0 Å². The largest absolute Gasteiger partial charge is 0.416 e. The molecule has 0 aromatic rings. The standard InChI is InChI=1S/C14H30O2Si/c1-9-11(2)13(15)12(3)10-16-17(7,8)14(4,5)6/h9,12-13,15H,10H2,1-8H3/b11-9+/t12-,13-/m0/s1. The van der Waals surface area contributed by atoms with Crippen LogP contribution in [-0.4, -0.2) is 26.1 Å². The van der Waals surface area contributed by atoms with Crippen molar-refractivity contribution in [2.45, 2.75) is 65.8 Å². The highest BCUT2D eigenvalue weighted by molar-refractivity contribution is 6.74. The van der Waals surface area contributed by atoms with E-state index in [2.05, 4.69) is 33.9 Å². The average molecular weight is 258 g/mol. The van der Waals surface area contributed by atoms with Gasteiger partial charge in [0, 0.05) is 12.5 Å². The summed E-state index contributed by atoms with van der Waals surface area (Å²) < 4.78 is 6.12. The second-order valence-corrected chi connectivity index (χ2v) is 11.3. The van der Waals surface area contributed by atoms with E-state index >= 15 is 0 Å². The van der Waals surface area contributed by atoms with Gasteiger partial charge < -0.3 is 9.53 Å². The molecule has 0 bridgehead atoms. The van der Waals surface area contributed by atoms with E-state index in [1.54, 1.807) is 0 Å². The molecular weight excluding hydrogens is 228 g/mol. The third kappa shape index (κ3) is 4.94. The first-order chi connectivity index (χ1) is 7.53. The normalized spacial score (nSPS) is 18.1. The number of rotatable bonds is 5. The van der Waals surface area contributed by atoms with Crippen LogP contribution in [0.15, 0.2) is 11.6 Å². The Hall–Kier alpha value is -0.123. The second-order valence-electron chi connectivity index (χ2n) is 6.53. The summed E-state index contributed by atoms with van der Waals surface area (Å²) in [6.07, 6.45) is 1.58. The molecule has 2 atom stereocenters. The molecule has 0 unspecified atom stereocenters. The molecular formula is C14H30O2Si. The van der Waals surface area contributed by atoms with Gasteiger partial charge in [0.15, 0.2) is 8.32 Å². The van der Waals surface area contributed by atoms with E-state index in [0.717, 1.165) is 5.57 Å². The fourth-order valence-corrected chi connectivity index (χ4v) is 2.38. The van der Waals surface area contributed by atoms with Crippen LogP contribution in [-0.2, 0) is 4.43 Å². The van der Waals surface area contributed by atoms with Gasteiger partial charge in [0.2, 0.25) is 0 Å². The Kier molecular flexibility index (Phi) is 6.12. The van der Waals surface area contributed by atoms with Gasteiger partial charge in [-0.25, -0.2) is 0 Å². The molecule has 0 radical (unpaired) electrons. The third-order valence-corrected chi connectivity index (χ3v) is 8.47. The molecule has 0 saturated heterocycles. The minimum Gasteiger partial charge on any atom is -0.416 e. The number of aliphatic hydroxyl groups is 1. The summed E-state index contributed by atoms with van der Waals surface area (Å²) in [6.45, 7) is 17.8. The number of hydrogen-bond acceptors (Lipinski definition) is 2. The highest BCUT2D eigenvalue weighted by Crippen LogP contribution is 2.36. The van der Waals surface area contributed by atoms with Crippen molar-refractivity contribution in [2.24, 2.45) is 5.92 Å². The maximum atomic E-state index is 10.1. The van der Waals surface area contributed by atoms with Gasteiger partial charge in [0.05, 0.1) is 6.10 Å². The predicted octanol–water partition coefficient (Wildman–Crippen LogP) is 3.97. The van der Waals surface area contributed by atoms with E-state index in [9.17, 15) is 5.11 Å². The van der Waals surface area contributed by atoms with Crippen LogP contribution in [0.1, 0.15) is 41.5 Å². The van der Waals surface area contributed by atoms with Crippen LogP contribution in [0.25, 0.3) is 0 Å². The SMILES string of the molecule is C/C=C(\C)[C@H](O)[C@@H](C)CO[Si](C)(C)C(C)(C)C. The summed E-state index contributed by atoms with van der Waals surface area (Å²) in [6, 6.07) is 0. The summed E-state index contributed by atoms with van der Waals surface area (Å²) in [5, 5.41) is 10.3. The summed E-state index contributed by atoms with van der Waals surface area (Å²) in [5.41, 5.74) is 1.02. The van der Waals surface area contributed by atoms with Crippen molar-refractivity contribution in [1.29, 1.82) is 0 Å². The Balaban J connectivity index is 4.40. The molecule has 0 aliphatic carbocycles. The van der Waals surface area contributed by atoms with Gasteiger partial charge in [-0.3, -0.25) is 0 Å². The first-order valence-electron chi connectivity index (χ1n) is 6.47. The van der Waals surface area contributed by atoms with Gasteiger partial charge in [-0.2, -0.15) is 0 Å². The molecule has 17 heavy (non-hydrogen) atoms. The average Bonchev–Trinajstić information content (AvgIpc) is 2.22. The van der Waals surface area contributed by atoms with Crippen LogP contribution in [0, 0.1) is 5.92 Å².